The minimum Gasteiger partial charge on any atom is -0.286 e. The molecule has 0 rings (SSSR count). The summed E-state index contributed by atoms with van der Waals surface area (Å²) in [7, 11) is 0. The van der Waals surface area contributed by atoms with Crippen molar-refractivity contribution in [2.45, 2.75) is 38.8 Å². The first-order valence-electron chi connectivity index (χ1n) is 4.22. The summed E-state index contributed by atoms with van der Waals surface area (Å²) >= 11 is 0. The van der Waals surface area contributed by atoms with Crippen LogP contribution >= 0.6 is 0 Å². The van der Waals surface area contributed by atoms with Gasteiger partial charge in [-0.25, -0.2) is 0 Å². The molecule has 2 radical (unpaired) electrons. The van der Waals surface area contributed by atoms with E-state index in [4.69, 9.17) is 22.3 Å². The number of nitrogens with zero attached hydrogens (tertiary/aromatic N) is 2. The van der Waals surface area contributed by atoms with Gasteiger partial charge in [-0.15, -0.1) is 10.8 Å². The van der Waals surface area contributed by atoms with Gasteiger partial charge in [-0.2, -0.15) is 10.2 Å². The van der Waals surface area contributed by atoms with E-state index in [2.05, 4.69) is 10.2 Å². The Morgan fingerprint density at radius 1 is 0.857 bits per heavy atom. The molecule has 0 unspecified atom stereocenters. The monoisotopic (exact) mass is 198 g/mol. The summed E-state index contributed by atoms with van der Waals surface area (Å²) in [5.74, 6) is -0.138. The Labute approximate surface area is 83.8 Å². The number of nitrogens with one attached hydrogen (secondary N) is 2. The zero-order valence-corrected chi connectivity index (χ0v) is 9.05. The predicted molar refractivity (Wildman–Crippen MR) is 53.3 cm³/mol. The number of amidine groups is 2. The van der Waals surface area contributed by atoms with Crippen molar-refractivity contribution in [2.24, 2.45) is 21.7 Å². The van der Waals surface area contributed by atoms with E-state index >= 15 is 0 Å². The van der Waals surface area contributed by atoms with Crippen LogP contribution in [0.15, 0.2) is 10.2 Å². The molecule has 0 aliphatic carbocycles. The van der Waals surface area contributed by atoms with E-state index in [1.807, 2.05) is 0 Å². The molecule has 6 N–H and O–H groups in total. The molecule has 0 amide bonds. The van der Waals surface area contributed by atoms with Crippen LogP contribution in [0.5, 0.6) is 0 Å². The Hall–Kier alpha value is -1.46. The second-order valence-electron chi connectivity index (χ2n) is 4.15. The molecule has 14 heavy (non-hydrogen) atoms. The average Bonchev–Trinajstić information content (AvgIpc) is 2.01. The second kappa shape index (κ2) is 3.73. The van der Waals surface area contributed by atoms with Crippen LogP contribution in [-0.4, -0.2) is 22.7 Å². The fraction of sp³-hybridized carbons (Fsp3) is 0.750. The highest BCUT2D eigenvalue weighted by Gasteiger charge is 2.32. The van der Waals surface area contributed by atoms with Gasteiger partial charge in [0.05, 0.1) is 0 Å². The van der Waals surface area contributed by atoms with Gasteiger partial charge in [0.15, 0.2) is 11.1 Å². The molecule has 6 nitrogen and oxygen atoms in total. The average molecular weight is 198 g/mol. The normalized spacial score (nSPS) is 13.1. The fourth-order valence-electron chi connectivity index (χ4n) is 0.358. The smallest absolute Gasteiger partial charge is 0.286 e. The molecule has 6 heteroatoms. The lowest BCUT2D eigenvalue weighted by atomic mass is 10.1. The van der Waals surface area contributed by atoms with Crippen molar-refractivity contribution in [1.29, 1.82) is 0 Å². The largest absolute Gasteiger partial charge is 0.310 e. The van der Waals surface area contributed by atoms with Gasteiger partial charge < -0.3 is 0 Å². The van der Waals surface area contributed by atoms with Crippen LogP contribution in [0.1, 0.15) is 27.7 Å². The molecule has 0 spiro atoms. The van der Waals surface area contributed by atoms with E-state index in [9.17, 15) is 0 Å². The number of azo groups is 1. The van der Waals surface area contributed by atoms with Crippen molar-refractivity contribution in [3.8, 4) is 0 Å². The van der Waals surface area contributed by atoms with Gasteiger partial charge in [0.1, 0.15) is 0 Å². The lowest BCUT2D eigenvalue weighted by molar-refractivity contribution is -0.124. The van der Waals surface area contributed by atoms with E-state index in [-0.39, 0.29) is 11.7 Å². The van der Waals surface area contributed by atoms with Crippen molar-refractivity contribution in [2.75, 3.05) is 0 Å². The Balaban J connectivity index is 4.76. The Kier molecular flexibility index (Phi) is 3.34. The summed E-state index contributed by atoms with van der Waals surface area (Å²) in [4.78, 5) is 0. The van der Waals surface area contributed by atoms with Gasteiger partial charge in [-0.05, 0) is 27.7 Å². The van der Waals surface area contributed by atoms with Crippen LogP contribution in [0.25, 0.3) is 0 Å². The van der Waals surface area contributed by atoms with Crippen molar-refractivity contribution in [3.05, 3.63) is 0 Å². The standard InChI is InChI=1S/C8H18N6/c1-7(2,5(9)10)13-14-8(3,4)6(11)12/h9,11H,10,12H2,1-4H3/q+2. The predicted octanol–water partition coefficient (Wildman–Crippen LogP) is -3.20. The van der Waals surface area contributed by atoms with E-state index in [0.29, 0.717) is 0 Å². The van der Waals surface area contributed by atoms with E-state index in [1.165, 1.54) is 0 Å². The summed E-state index contributed by atoms with van der Waals surface area (Å²) in [5.41, 5.74) is 8.96. The highest BCUT2D eigenvalue weighted by Crippen LogP contribution is 2.13. The third-order valence-electron chi connectivity index (χ3n) is 1.87. The Morgan fingerprint density at radius 2 is 1.07 bits per heavy atom. The molecule has 0 aliphatic heterocycles. The molecular formula is C8H18N6+2. The van der Waals surface area contributed by atoms with E-state index in [0.717, 1.165) is 0 Å². The molecule has 0 aliphatic rings. The molecule has 0 fully saturated rings. The molecule has 0 aromatic rings. The van der Waals surface area contributed by atoms with Gasteiger partial charge in [0, 0.05) is 0 Å². The van der Waals surface area contributed by atoms with Crippen LogP contribution in [-0.2, 0) is 0 Å². The molecule has 0 saturated heterocycles. The zero-order valence-electron chi connectivity index (χ0n) is 9.05. The third-order valence-corrected chi connectivity index (χ3v) is 1.87. The molecule has 0 aromatic heterocycles. The molecule has 0 aromatic carbocycles. The van der Waals surface area contributed by atoms with Gasteiger partial charge in [0.2, 0.25) is 0 Å². The number of hydrogen-bond donors (Lipinski definition) is 4. The first-order valence-corrected chi connectivity index (χ1v) is 4.22. The molecule has 0 bridgehead atoms. The maximum atomic E-state index is 7.25. The lowest BCUT2D eigenvalue weighted by Gasteiger charge is -2.15. The van der Waals surface area contributed by atoms with Gasteiger partial charge >= 0.3 is 11.7 Å². The van der Waals surface area contributed by atoms with Crippen LogP contribution in [0.3, 0.4) is 0 Å². The maximum Gasteiger partial charge on any atom is 0.310 e. The van der Waals surface area contributed by atoms with Crippen LogP contribution in [0, 0.1) is 0 Å². The topological polar surface area (TPSA) is 124 Å². The van der Waals surface area contributed by atoms with E-state index in [1.54, 1.807) is 27.7 Å². The van der Waals surface area contributed by atoms with Crippen molar-refractivity contribution < 1.29 is 10.8 Å². The zero-order chi connectivity index (χ0) is 11.6. The summed E-state index contributed by atoms with van der Waals surface area (Å²) in [5, 5.41) is 22.3. The second-order valence-corrected chi connectivity index (χ2v) is 4.15. The van der Waals surface area contributed by atoms with Crippen LogP contribution < -0.4 is 22.3 Å². The summed E-state index contributed by atoms with van der Waals surface area (Å²) in [6, 6.07) is 0. The Morgan fingerprint density at radius 3 is 1.21 bits per heavy atom. The molecule has 0 atom stereocenters. The molecule has 78 valence electrons. The molecule has 0 saturated carbocycles. The summed E-state index contributed by atoms with van der Waals surface area (Å²) in [6.45, 7) is 6.70. The van der Waals surface area contributed by atoms with Crippen molar-refractivity contribution in [3.63, 3.8) is 0 Å². The fourth-order valence-corrected chi connectivity index (χ4v) is 0.358. The minimum absolute atomic E-state index is 0.0689. The summed E-state index contributed by atoms with van der Waals surface area (Å²) < 4.78 is 0. The Bertz CT molecular complexity index is 248. The SMILES string of the molecule is CC(C)(N=NC(C)(C)C(=[NH+])N)C(=[NH+])N. The number of hydrogen-bond acceptors (Lipinski definition) is 4. The third kappa shape index (κ3) is 3.12. The first-order chi connectivity index (χ1) is 6.09. The quantitative estimate of drug-likeness (QED) is 0.216. The molecular weight excluding hydrogens is 180 g/mol. The van der Waals surface area contributed by atoms with Crippen LogP contribution in [0.4, 0.5) is 0 Å². The van der Waals surface area contributed by atoms with Gasteiger partial charge in [0.25, 0.3) is 0 Å². The van der Waals surface area contributed by atoms with Gasteiger partial charge in [-0.3, -0.25) is 11.5 Å². The van der Waals surface area contributed by atoms with Gasteiger partial charge in [-0.1, -0.05) is 0 Å². The molecule has 0 heterocycles. The first kappa shape index (κ1) is 12.5. The number of rotatable bonds is 4. The lowest BCUT2D eigenvalue weighted by Crippen LogP contribution is -2.58. The van der Waals surface area contributed by atoms with Crippen LogP contribution in [0.2, 0.25) is 0 Å². The van der Waals surface area contributed by atoms with E-state index < -0.39 is 11.1 Å². The highest BCUT2D eigenvalue weighted by molar-refractivity contribution is 5.84. The maximum absolute atomic E-state index is 7.25. The highest BCUT2D eigenvalue weighted by atomic mass is 15.2. The number of nitrogens with two attached hydrogens (primary N) is 2. The minimum atomic E-state index is -0.841. The van der Waals surface area contributed by atoms with Crippen molar-refractivity contribution >= 4 is 11.7 Å². The van der Waals surface area contributed by atoms with Crippen molar-refractivity contribution in [1.82, 2.24) is 0 Å². The summed E-state index contributed by atoms with van der Waals surface area (Å²) in [6.07, 6.45) is 0.